The molecule has 3 rings (SSSR count). The number of para-hydroxylation sites is 1. The van der Waals surface area contributed by atoms with Crippen LogP contribution in [0, 0.1) is 0 Å². The zero-order chi connectivity index (χ0) is 17.6. The lowest BCUT2D eigenvalue weighted by Gasteiger charge is -2.02. The Labute approximate surface area is 145 Å². The maximum atomic E-state index is 11.8. The number of H-pyrrole nitrogens is 1. The minimum Gasteiger partial charge on any atom is -0.490 e. The van der Waals surface area contributed by atoms with E-state index in [0.29, 0.717) is 23.5 Å². The first kappa shape index (κ1) is 16.5. The van der Waals surface area contributed by atoms with Crippen molar-refractivity contribution in [1.82, 2.24) is 9.97 Å². The fourth-order valence-electron chi connectivity index (χ4n) is 2.41. The van der Waals surface area contributed by atoms with Crippen LogP contribution in [0.3, 0.4) is 0 Å². The van der Waals surface area contributed by atoms with Gasteiger partial charge in [0.2, 0.25) is 0 Å². The van der Waals surface area contributed by atoms with Gasteiger partial charge in [-0.1, -0.05) is 36.9 Å². The van der Waals surface area contributed by atoms with Crippen LogP contribution in [0.25, 0.3) is 23.2 Å². The fourth-order valence-corrected chi connectivity index (χ4v) is 2.41. The van der Waals surface area contributed by atoms with E-state index in [1.807, 2.05) is 42.5 Å². The number of imidazole rings is 1. The molecule has 0 saturated heterocycles. The van der Waals surface area contributed by atoms with Crippen LogP contribution in [0.15, 0.2) is 55.1 Å². The summed E-state index contributed by atoms with van der Waals surface area (Å²) in [5.41, 5.74) is 2.84. The van der Waals surface area contributed by atoms with Gasteiger partial charge in [-0.05, 0) is 35.9 Å². The molecular weight excluding hydrogens is 316 g/mol. The molecule has 126 valence electrons. The molecule has 1 heterocycles. The van der Waals surface area contributed by atoms with Gasteiger partial charge in [0.1, 0.15) is 23.7 Å². The summed E-state index contributed by atoms with van der Waals surface area (Å²) in [6, 6.07) is 13.1. The fraction of sp³-hybridized carbons (Fsp3) is 0.100. The molecule has 0 aliphatic carbocycles. The van der Waals surface area contributed by atoms with E-state index in [9.17, 15) is 4.79 Å². The standard InChI is InChI=1S/C20H18N2O3/c1-3-13-25-15-10-7-14(8-11-15)9-12-18-21-17-6-4-5-16(19(17)22-18)20(23)24-2/h3-12H,1,13H2,2H3,(H,21,22)/b12-9+. The van der Waals surface area contributed by atoms with Crippen molar-refractivity contribution in [2.45, 2.75) is 0 Å². The predicted octanol–water partition coefficient (Wildman–Crippen LogP) is 4.08. The van der Waals surface area contributed by atoms with E-state index in [1.165, 1.54) is 7.11 Å². The Bertz CT molecular complexity index is 924. The van der Waals surface area contributed by atoms with E-state index in [0.717, 1.165) is 16.8 Å². The lowest BCUT2D eigenvalue weighted by molar-refractivity contribution is 0.0603. The topological polar surface area (TPSA) is 64.2 Å². The molecule has 0 spiro atoms. The van der Waals surface area contributed by atoms with Gasteiger partial charge in [0.25, 0.3) is 0 Å². The largest absolute Gasteiger partial charge is 0.490 e. The quantitative estimate of drug-likeness (QED) is 0.545. The highest BCUT2D eigenvalue weighted by molar-refractivity contribution is 6.02. The molecule has 0 aliphatic rings. The number of hydrogen-bond acceptors (Lipinski definition) is 4. The predicted molar refractivity (Wildman–Crippen MR) is 98.5 cm³/mol. The minimum absolute atomic E-state index is 0.400. The Morgan fingerprint density at radius 2 is 2.00 bits per heavy atom. The molecule has 0 radical (unpaired) electrons. The van der Waals surface area contributed by atoms with Crippen LogP contribution in [0.1, 0.15) is 21.7 Å². The minimum atomic E-state index is -0.400. The number of rotatable bonds is 6. The van der Waals surface area contributed by atoms with E-state index in [-0.39, 0.29) is 0 Å². The highest BCUT2D eigenvalue weighted by Gasteiger charge is 2.12. The number of carbonyl (C=O) groups excluding carboxylic acids is 1. The third-order valence-corrected chi connectivity index (χ3v) is 3.62. The maximum absolute atomic E-state index is 11.8. The van der Waals surface area contributed by atoms with Crippen molar-refractivity contribution in [3.05, 3.63) is 72.1 Å². The van der Waals surface area contributed by atoms with Crippen LogP contribution < -0.4 is 4.74 Å². The van der Waals surface area contributed by atoms with Crippen molar-refractivity contribution in [2.75, 3.05) is 13.7 Å². The first-order valence-electron chi connectivity index (χ1n) is 7.80. The van der Waals surface area contributed by atoms with E-state index in [1.54, 1.807) is 18.2 Å². The number of carbonyl (C=O) groups is 1. The van der Waals surface area contributed by atoms with Crippen LogP contribution in [0.2, 0.25) is 0 Å². The van der Waals surface area contributed by atoms with Crippen molar-refractivity contribution in [3.8, 4) is 5.75 Å². The number of ether oxygens (including phenoxy) is 2. The Hall–Kier alpha value is -3.34. The number of hydrogen-bond donors (Lipinski definition) is 1. The molecule has 2 aromatic carbocycles. The summed E-state index contributed by atoms with van der Waals surface area (Å²) in [7, 11) is 1.36. The molecule has 0 saturated carbocycles. The van der Waals surface area contributed by atoms with E-state index in [2.05, 4.69) is 16.5 Å². The van der Waals surface area contributed by atoms with Gasteiger partial charge in [-0.25, -0.2) is 9.78 Å². The van der Waals surface area contributed by atoms with Gasteiger partial charge in [0.05, 0.1) is 18.2 Å². The number of fused-ring (bicyclic) bond motifs is 1. The molecule has 1 aromatic heterocycles. The summed E-state index contributed by atoms with van der Waals surface area (Å²) in [5, 5.41) is 0. The average molecular weight is 334 g/mol. The number of nitrogens with one attached hydrogen (secondary N) is 1. The van der Waals surface area contributed by atoms with Gasteiger partial charge in [-0.3, -0.25) is 0 Å². The normalized spacial score (nSPS) is 10.9. The van der Waals surface area contributed by atoms with Gasteiger partial charge in [0, 0.05) is 0 Å². The SMILES string of the molecule is C=CCOc1ccc(/C=C/c2nc3c(C(=O)OC)cccc3[nH]2)cc1. The third-order valence-electron chi connectivity index (χ3n) is 3.62. The van der Waals surface area contributed by atoms with Gasteiger partial charge in [-0.2, -0.15) is 0 Å². The molecule has 0 aliphatic heterocycles. The van der Waals surface area contributed by atoms with E-state index in [4.69, 9.17) is 9.47 Å². The summed E-state index contributed by atoms with van der Waals surface area (Å²) >= 11 is 0. The highest BCUT2D eigenvalue weighted by atomic mass is 16.5. The van der Waals surface area contributed by atoms with Gasteiger partial charge >= 0.3 is 5.97 Å². The summed E-state index contributed by atoms with van der Waals surface area (Å²) < 4.78 is 10.2. The summed E-state index contributed by atoms with van der Waals surface area (Å²) in [6.07, 6.45) is 5.51. The Balaban J connectivity index is 1.81. The molecule has 5 nitrogen and oxygen atoms in total. The lowest BCUT2D eigenvalue weighted by Crippen LogP contribution is -2.01. The van der Waals surface area contributed by atoms with Crippen molar-refractivity contribution in [2.24, 2.45) is 0 Å². The molecule has 25 heavy (non-hydrogen) atoms. The first-order chi connectivity index (χ1) is 12.2. The van der Waals surface area contributed by atoms with Gasteiger partial charge in [0.15, 0.2) is 0 Å². The molecular formula is C20H18N2O3. The van der Waals surface area contributed by atoms with Crippen LogP contribution in [-0.2, 0) is 4.74 Å². The molecule has 0 fully saturated rings. The third kappa shape index (κ3) is 3.77. The lowest BCUT2D eigenvalue weighted by atomic mass is 10.2. The molecule has 1 N–H and O–H groups in total. The van der Waals surface area contributed by atoms with Crippen LogP contribution in [0.4, 0.5) is 0 Å². The zero-order valence-electron chi connectivity index (χ0n) is 13.9. The average Bonchev–Trinajstić information content (AvgIpc) is 3.08. The molecule has 0 unspecified atom stereocenters. The van der Waals surface area contributed by atoms with Crippen LogP contribution >= 0.6 is 0 Å². The van der Waals surface area contributed by atoms with Crippen LogP contribution in [0.5, 0.6) is 5.75 Å². The van der Waals surface area contributed by atoms with Crippen molar-refractivity contribution < 1.29 is 14.3 Å². The van der Waals surface area contributed by atoms with E-state index < -0.39 is 5.97 Å². The second kappa shape index (κ2) is 7.49. The molecule has 3 aromatic rings. The number of aromatic nitrogens is 2. The smallest absolute Gasteiger partial charge is 0.340 e. The molecule has 5 heteroatoms. The number of methoxy groups -OCH3 is 1. The van der Waals surface area contributed by atoms with E-state index >= 15 is 0 Å². The van der Waals surface area contributed by atoms with Crippen molar-refractivity contribution >= 4 is 29.2 Å². The maximum Gasteiger partial charge on any atom is 0.340 e. The summed E-state index contributed by atoms with van der Waals surface area (Å²) in [5.74, 6) is 1.06. The summed E-state index contributed by atoms with van der Waals surface area (Å²) in [6.45, 7) is 4.10. The van der Waals surface area contributed by atoms with Crippen molar-refractivity contribution in [1.29, 1.82) is 0 Å². The number of esters is 1. The second-order valence-electron chi connectivity index (χ2n) is 5.32. The Kier molecular flexibility index (Phi) is 4.95. The monoisotopic (exact) mass is 334 g/mol. The molecule has 0 atom stereocenters. The summed E-state index contributed by atoms with van der Waals surface area (Å²) in [4.78, 5) is 19.5. The second-order valence-corrected chi connectivity index (χ2v) is 5.32. The molecule has 0 bridgehead atoms. The Morgan fingerprint density at radius 1 is 1.20 bits per heavy atom. The van der Waals surface area contributed by atoms with Gasteiger partial charge in [-0.15, -0.1) is 0 Å². The van der Waals surface area contributed by atoms with Crippen LogP contribution in [-0.4, -0.2) is 29.7 Å². The zero-order valence-corrected chi connectivity index (χ0v) is 13.9. The van der Waals surface area contributed by atoms with Crippen molar-refractivity contribution in [3.63, 3.8) is 0 Å². The highest BCUT2D eigenvalue weighted by Crippen LogP contribution is 2.19. The van der Waals surface area contributed by atoms with Gasteiger partial charge < -0.3 is 14.5 Å². The number of nitrogens with zero attached hydrogens (tertiary/aromatic N) is 1. The Morgan fingerprint density at radius 3 is 2.72 bits per heavy atom. The molecule has 0 amide bonds. The first-order valence-corrected chi connectivity index (χ1v) is 7.80. The number of aromatic amines is 1. The number of benzene rings is 2.